The highest BCUT2D eigenvalue weighted by Gasteiger charge is 2.15. The minimum absolute atomic E-state index is 0.0470. The van der Waals surface area contributed by atoms with E-state index in [9.17, 15) is 9.59 Å². The second-order valence-electron chi connectivity index (χ2n) is 5.72. The summed E-state index contributed by atoms with van der Waals surface area (Å²) in [6.07, 6.45) is -0.157. The van der Waals surface area contributed by atoms with Crippen LogP contribution in [0, 0.1) is 6.92 Å². The van der Waals surface area contributed by atoms with Crippen LogP contribution in [0.4, 0.5) is 0 Å². The molecule has 0 aliphatic rings. The van der Waals surface area contributed by atoms with Crippen LogP contribution < -0.4 is 10.1 Å². The van der Waals surface area contributed by atoms with Gasteiger partial charge in [-0.15, -0.1) is 0 Å². The lowest BCUT2D eigenvalue weighted by Gasteiger charge is -2.16. The lowest BCUT2D eigenvalue weighted by molar-refractivity contribution is -0.137. The number of carbonyl (C=O) groups excluding carboxylic acids is 1. The summed E-state index contributed by atoms with van der Waals surface area (Å²) in [5, 5.41) is 11.2. The van der Waals surface area contributed by atoms with Gasteiger partial charge in [-0.1, -0.05) is 19.9 Å². The van der Waals surface area contributed by atoms with E-state index in [1.54, 1.807) is 6.92 Å². The molecular weight excluding hydrogens is 282 g/mol. The maximum absolute atomic E-state index is 11.9. The quantitative estimate of drug-likeness (QED) is 0.724. The molecule has 5 nitrogen and oxygen atoms in total. The molecule has 22 heavy (non-hydrogen) atoms. The predicted octanol–water partition coefficient (Wildman–Crippen LogP) is 2.87. The second-order valence-corrected chi connectivity index (χ2v) is 5.72. The Labute approximate surface area is 131 Å². The average molecular weight is 307 g/mol. The maximum atomic E-state index is 11.9. The topological polar surface area (TPSA) is 75.6 Å². The van der Waals surface area contributed by atoms with E-state index in [2.05, 4.69) is 19.2 Å². The van der Waals surface area contributed by atoms with Gasteiger partial charge in [-0.25, -0.2) is 0 Å². The van der Waals surface area contributed by atoms with Gasteiger partial charge in [0.2, 0.25) is 0 Å². The van der Waals surface area contributed by atoms with Crippen molar-refractivity contribution in [3.63, 3.8) is 0 Å². The first-order chi connectivity index (χ1) is 10.3. The van der Waals surface area contributed by atoms with Crippen molar-refractivity contribution in [1.29, 1.82) is 0 Å². The number of nitrogens with one attached hydrogen (secondary N) is 1. The molecule has 2 N–H and O–H groups in total. The number of amides is 1. The van der Waals surface area contributed by atoms with Crippen molar-refractivity contribution in [2.24, 2.45) is 0 Å². The van der Waals surface area contributed by atoms with Crippen LogP contribution in [0.25, 0.3) is 0 Å². The van der Waals surface area contributed by atoms with Gasteiger partial charge in [0, 0.05) is 13.0 Å². The van der Waals surface area contributed by atoms with Crippen LogP contribution in [-0.4, -0.2) is 29.6 Å². The van der Waals surface area contributed by atoms with Crippen molar-refractivity contribution in [3.8, 4) is 5.75 Å². The van der Waals surface area contributed by atoms with Crippen molar-refractivity contribution >= 4 is 11.9 Å². The van der Waals surface area contributed by atoms with Crippen LogP contribution >= 0.6 is 0 Å². The number of carboxylic acids is 1. The molecule has 1 aromatic rings. The number of rotatable bonds is 8. The van der Waals surface area contributed by atoms with Crippen LogP contribution in [0.1, 0.15) is 50.7 Å². The van der Waals surface area contributed by atoms with Gasteiger partial charge in [-0.05, 0) is 49.4 Å². The average Bonchev–Trinajstić information content (AvgIpc) is 2.42. The molecule has 1 amide bonds. The summed E-state index contributed by atoms with van der Waals surface area (Å²) in [6, 6.07) is 5.83. The number of aliphatic carboxylic acids is 1. The van der Waals surface area contributed by atoms with Crippen LogP contribution in [0.5, 0.6) is 5.75 Å². The highest BCUT2D eigenvalue weighted by molar-refractivity contribution is 5.80. The highest BCUT2D eigenvalue weighted by Crippen LogP contribution is 2.24. The standard InChI is InChI=1S/C17H25NO4/c1-11(2)15-8-7-14(10-12(15)3)22-13(4)17(21)18-9-5-6-16(19)20/h7-8,10-11,13H,5-6,9H2,1-4H3,(H,18,21)(H,19,20). The number of benzene rings is 1. The van der Waals surface area contributed by atoms with Crippen molar-refractivity contribution in [2.45, 2.75) is 52.6 Å². The van der Waals surface area contributed by atoms with Crippen LogP contribution in [-0.2, 0) is 9.59 Å². The molecule has 0 aromatic heterocycles. The van der Waals surface area contributed by atoms with Gasteiger partial charge in [0.05, 0.1) is 0 Å². The molecule has 0 spiro atoms. The minimum Gasteiger partial charge on any atom is -0.481 e. The Balaban J connectivity index is 2.50. The molecule has 0 radical (unpaired) electrons. The molecule has 0 aliphatic carbocycles. The van der Waals surface area contributed by atoms with Gasteiger partial charge < -0.3 is 15.2 Å². The summed E-state index contributed by atoms with van der Waals surface area (Å²) in [5.74, 6) is 0.00864. The van der Waals surface area contributed by atoms with Gasteiger partial charge in [0.25, 0.3) is 5.91 Å². The first kappa shape index (κ1) is 18.0. The molecular formula is C17H25NO4. The Morgan fingerprint density at radius 1 is 1.27 bits per heavy atom. The monoisotopic (exact) mass is 307 g/mol. The Hall–Kier alpha value is -2.04. The molecule has 0 fully saturated rings. The Bertz CT molecular complexity index is 525. The molecule has 1 unspecified atom stereocenters. The van der Waals surface area contributed by atoms with Gasteiger partial charge in [-0.3, -0.25) is 9.59 Å². The predicted molar refractivity (Wildman–Crippen MR) is 85.2 cm³/mol. The Morgan fingerprint density at radius 3 is 2.50 bits per heavy atom. The highest BCUT2D eigenvalue weighted by atomic mass is 16.5. The summed E-state index contributed by atoms with van der Waals surface area (Å²) in [4.78, 5) is 22.3. The molecule has 0 aliphatic heterocycles. The Morgan fingerprint density at radius 2 is 1.95 bits per heavy atom. The zero-order valence-electron chi connectivity index (χ0n) is 13.7. The zero-order valence-corrected chi connectivity index (χ0v) is 13.7. The first-order valence-electron chi connectivity index (χ1n) is 7.58. The first-order valence-corrected chi connectivity index (χ1v) is 7.58. The van der Waals surface area contributed by atoms with E-state index in [4.69, 9.17) is 9.84 Å². The summed E-state index contributed by atoms with van der Waals surface area (Å²) >= 11 is 0. The van der Waals surface area contributed by atoms with Crippen LogP contribution in [0.15, 0.2) is 18.2 Å². The Kier molecular flexibility index (Phi) is 6.89. The molecule has 5 heteroatoms. The van der Waals surface area contributed by atoms with Crippen molar-refractivity contribution < 1.29 is 19.4 Å². The van der Waals surface area contributed by atoms with E-state index in [1.807, 2.05) is 25.1 Å². The molecule has 0 heterocycles. The molecule has 122 valence electrons. The molecule has 1 rings (SSSR count). The lowest BCUT2D eigenvalue weighted by atomic mass is 9.98. The van der Waals surface area contributed by atoms with E-state index in [0.29, 0.717) is 24.6 Å². The van der Waals surface area contributed by atoms with Gasteiger partial charge in [-0.2, -0.15) is 0 Å². The number of hydrogen-bond donors (Lipinski definition) is 2. The number of carboxylic acid groups (broad SMARTS) is 1. The van der Waals surface area contributed by atoms with Gasteiger partial charge in [0.15, 0.2) is 6.10 Å². The third-order valence-electron chi connectivity index (χ3n) is 3.41. The van der Waals surface area contributed by atoms with E-state index in [1.165, 1.54) is 5.56 Å². The van der Waals surface area contributed by atoms with Gasteiger partial charge in [0.1, 0.15) is 5.75 Å². The third kappa shape index (κ3) is 5.76. The fraction of sp³-hybridized carbons (Fsp3) is 0.529. The molecule has 1 aromatic carbocycles. The van der Waals surface area contributed by atoms with Crippen molar-refractivity contribution in [3.05, 3.63) is 29.3 Å². The van der Waals surface area contributed by atoms with Crippen LogP contribution in [0.2, 0.25) is 0 Å². The third-order valence-corrected chi connectivity index (χ3v) is 3.41. The van der Waals surface area contributed by atoms with E-state index < -0.39 is 12.1 Å². The van der Waals surface area contributed by atoms with Crippen molar-refractivity contribution in [2.75, 3.05) is 6.54 Å². The molecule has 0 saturated carbocycles. The minimum atomic E-state index is -0.862. The normalized spacial score (nSPS) is 12.0. The summed E-state index contributed by atoms with van der Waals surface area (Å²) < 4.78 is 5.64. The number of hydrogen-bond acceptors (Lipinski definition) is 3. The van der Waals surface area contributed by atoms with E-state index in [-0.39, 0.29) is 12.3 Å². The van der Waals surface area contributed by atoms with Crippen molar-refractivity contribution in [1.82, 2.24) is 5.32 Å². The fourth-order valence-corrected chi connectivity index (χ4v) is 2.22. The van der Waals surface area contributed by atoms with Crippen LogP contribution in [0.3, 0.4) is 0 Å². The molecule has 0 saturated heterocycles. The van der Waals surface area contributed by atoms with E-state index >= 15 is 0 Å². The lowest BCUT2D eigenvalue weighted by Crippen LogP contribution is -2.36. The largest absolute Gasteiger partial charge is 0.481 e. The summed E-state index contributed by atoms with van der Waals surface area (Å²) in [7, 11) is 0. The zero-order chi connectivity index (χ0) is 16.7. The van der Waals surface area contributed by atoms with E-state index in [0.717, 1.165) is 5.56 Å². The van der Waals surface area contributed by atoms with Gasteiger partial charge >= 0.3 is 5.97 Å². The smallest absolute Gasteiger partial charge is 0.303 e. The second kappa shape index (κ2) is 8.41. The number of aryl methyl sites for hydroxylation is 1. The fourth-order valence-electron chi connectivity index (χ4n) is 2.22. The molecule has 1 atom stereocenters. The number of ether oxygens (including phenoxy) is 1. The summed E-state index contributed by atoms with van der Waals surface area (Å²) in [6.45, 7) is 8.31. The maximum Gasteiger partial charge on any atom is 0.303 e. The SMILES string of the molecule is Cc1cc(OC(C)C(=O)NCCCC(=O)O)ccc1C(C)C. The summed E-state index contributed by atoms with van der Waals surface area (Å²) in [5.41, 5.74) is 2.40. The number of carbonyl (C=O) groups is 2. The molecule has 0 bridgehead atoms.